The maximum absolute atomic E-state index is 13.4. The van der Waals surface area contributed by atoms with Crippen LogP contribution in [0.15, 0.2) is 85.2 Å². The number of benzene rings is 3. The highest BCUT2D eigenvalue weighted by molar-refractivity contribution is 6.05. The predicted molar refractivity (Wildman–Crippen MR) is 141 cm³/mol. The van der Waals surface area contributed by atoms with Crippen LogP contribution in [0, 0.1) is 11.7 Å². The first-order valence-corrected chi connectivity index (χ1v) is 12.3. The van der Waals surface area contributed by atoms with Gasteiger partial charge in [0.1, 0.15) is 11.6 Å². The van der Waals surface area contributed by atoms with Crippen LogP contribution in [-0.4, -0.2) is 33.0 Å². The van der Waals surface area contributed by atoms with Crippen LogP contribution in [0.2, 0.25) is 0 Å². The zero-order chi connectivity index (χ0) is 25.5. The maximum atomic E-state index is 13.4. The van der Waals surface area contributed by atoms with Crippen LogP contribution in [-0.2, 0) is 6.54 Å². The van der Waals surface area contributed by atoms with Crippen molar-refractivity contribution in [3.63, 3.8) is 0 Å². The first-order valence-electron chi connectivity index (χ1n) is 12.3. The minimum atomic E-state index is -0.270. The molecule has 7 heteroatoms. The third-order valence-corrected chi connectivity index (χ3v) is 6.83. The minimum Gasteiger partial charge on any atom is -0.355 e. The van der Waals surface area contributed by atoms with Gasteiger partial charge in [0, 0.05) is 30.9 Å². The van der Waals surface area contributed by atoms with Gasteiger partial charge in [-0.3, -0.25) is 14.2 Å². The fourth-order valence-corrected chi connectivity index (χ4v) is 4.73. The van der Waals surface area contributed by atoms with Crippen molar-refractivity contribution >= 4 is 22.8 Å². The topological polar surface area (TPSA) is 68.9 Å². The van der Waals surface area contributed by atoms with E-state index in [9.17, 15) is 14.0 Å². The fourth-order valence-electron chi connectivity index (χ4n) is 4.73. The van der Waals surface area contributed by atoms with Gasteiger partial charge in [0.25, 0.3) is 5.91 Å². The second-order valence-corrected chi connectivity index (χ2v) is 9.40. The highest BCUT2D eigenvalue weighted by Crippen LogP contribution is 2.32. The molecule has 37 heavy (non-hydrogen) atoms. The largest absolute Gasteiger partial charge is 0.355 e. The molecule has 1 N–H and O–H groups in total. The van der Waals surface area contributed by atoms with Gasteiger partial charge in [-0.25, -0.2) is 9.37 Å². The summed E-state index contributed by atoms with van der Waals surface area (Å²) in [5, 5.41) is 2.73. The molecule has 184 valence electrons. The van der Waals surface area contributed by atoms with Gasteiger partial charge in [0.15, 0.2) is 0 Å². The van der Waals surface area contributed by atoms with E-state index >= 15 is 0 Å². The molecule has 6 rings (SSSR count). The number of nitrogens with one attached hydrogen (secondary N) is 1. The molecule has 0 aliphatic heterocycles. The standard InChI is InChI=1S/C30H25FN4O2/c1-32-29(36)25-3-2-4-26-27(25)35(18-19-15-16-34(17-19)30(37)23-9-10-23)28(33-26)22-7-5-20(6-8-22)21-11-13-24(31)14-12-21/h2-8,11-17,23H,9-10,18H2,1H3,(H,32,36). The normalized spacial score (nSPS) is 13.1. The molecular weight excluding hydrogens is 467 g/mol. The van der Waals surface area contributed by atoms with Crippen LogP contribution in [0.5, 0.6) is 0 Å². The Labute approximate surface area is 213 Å². The van der Waals surface area contributed by atoms with E-state index in [-0.39, 0.29) is 23.5 Å². The number of hydrogen-bond donors (Lipinski definition) is 1. The first-order chi connectivity index (χ1) is 18.0. The molecule has 2 aromatic heterocycles. The zero-order valence-corrected chi connectivity index (χ0v) is 20.3. The van der Waals surface area contributed by atoms with Crippen molar-refractivity contribution in [2.45, 2.75) is 19.4 Å². The summed E-state index contributed by atoms with van der Waals surface area (Å²) in [6.45, 7) is 0.449. The Morgan fingerprint density at radius 2 is 1.62 bits per heavy atom. The smallest absolute Gasteiger partial charge is 0.253 e. The van der Waals surface area contributed by atoms with E-state index in [0.717, 1.165) is 46.4 Å². The second kappa shape index (κ2) is 9.17. The van der Waals surface area contributed by atoms with Crippen molar-refractivity contribution in [3.05, 3.63) is 102 Å². The molecule has 0 atom stereocenters. The number of carbonyl (C=O) groups is 2. The van der Waals surface area contributed by atoms with Gasteiger partial charge in [-0.15, -0.1) is 0 Å². The fraction of sp³-hybridized carbons (Fsp3) is 0.167. The lowest BCUT2D eigenvalue weighted by atomic mass is 10.0. The Balaban J connectivity index is 1.44. The van der Waals surface area contributed by atoms with Crippen LogP contribution in [0.4, 0.5) is 4.39 Å². The van der Waals surface area contributed by atoms with Crippen LogP contribution < -0.4 is 5.32 Å². The van der Waals surface area contributed by atoms with E-state index < -0.39 is 0 Å². The van der Waals surface area contributed by atoms with Crippen molar-refractivity contribution in [2.75, 3.05) is 7.05 Å². The maximum Gasteiger partial charge on any atom is 0.253 e. The number of rotatable bonds is 6. The molecule has 0 spiro atoms. The van der Waals surface area contributed by atoms with Gasteiger partial charge in [-0.05, 0) is 59.9 Å². The molecule has 6 nitrogen and oxygen atoms in total. The average molecular weight is 493 g/mol. The lowest BCUT2D eigenvalue weighted by Gasteiger charge is -2.12. The van der Waals surface area contributed by atoms with Crippen LogP contribution in [0.3, 0.4) is 0 Å². The van der Waals surface area contributed by atoms with E-state index in [1.54, 1.807) is 29.8 Å². The summed E-state index contributed by atoms with van der Waals surface area (Å²) < 4.78 is 17.1. The number of aromatic nitrogens is 3. The summed E-state index contributed by atoms with van der Waals surface area (Å²) in [7, 11) is 1.61. The summed E-state index contributed by atoms with van der Waals surface area (Å²) >= 11 is 0. The Bertz CT molecular complexity index is 1630. The molecule has 2 heterocycles. The van der Waals surface area contributed by atoms with E-state index in [1.807, 2.05) is 59.4 Å². The molecule has 0 bridgehead atoms. The Morgan fingerprint density at radius 1 is 0.946 bits per heavy atom. The lowest BCUT2D eigenvalue weighted by Crippen LogP contribution is -2.19. The van der Waals surface area contributed by atoms with Gasteiger partial charge in [0.05, 0.1) is 23.1 Å². The molecule has 0 radical (unpaired) electrons. The zero-order valence-electron chi connectivity index (χ0n) is 20.3. The number of carbonyl (C=O) groups excluding carboxylic acids is 2. The van der Waals surface area contributed by atoms with Gasteiger partial charge >= 0.3 is 0 Å². The third-order valence-electron chi connectivity index (χ3n) is 6.83. The number of imidazole rings is 1. The Morgan fingerprint density at radius 3 is 2.30 bits per heavy atom. The summed E-state index contributed by atoms with van der Waals surface area (Å²) in [5.41, 5.74) is 5.71. The number of nitrogens with zero attached hydrogens (tertiary/aromatic N) is 3. The SMILES string of the molecule is CNC(=O)c1cccc2nc(-c3ccc(-c4ccc(F)cc4)cc3)n(Cc3ccn(C(=O)C4CC4)c3)c12. The molecule has 1 amide bonds. The Hall–Kier alpha value is -4.52. The Kier molecular flexibility index (Phi) is 5.68. The molecular formula is C30H25FN4O2. The predicted octanol–water partition coefficient (Wildman–Crippen LogP) is 5.77. The van der Waals surface area contributed by atoms with E-state index in [1.165, 1.54) is 12.1 Å². The average Bonchev–Trinajstić information content (AvgIpc) is 3.57. The number of hydrogen-bond acceptors (Lipinski definition) is 3. The number of fused-ring (bicyclic) bond motifs is 1. The molecule has 1 saturated carbocycles. The molecule has 1 aliphatic carbocycles. The van der Waals surface area contributed by atoms with Crippen molar-refractivity contribution in [1.82, 2.24) is 19.4 Å². The first kappa shape index (κ1) is 22.9. The summed E-state index contributed by atoms with van der Waals surface area (Å²) in [6.07, 6.45) is 5.58. The molecule has 0 saturated heterocycles. The molecule has 1 aliphatic rings. The monoisotopic (exact) mass is 492 g/mol. The summed E-state index contributed by atoms with van der Waals surface area (Å²) in [5.74, 6) is 0.521. The van der Waals surface area contributed by atoms with Crippen molar-refractivity contribution in [2.24, 2.45) is 5.92 Å². The number of amides is 1. The van der Waals surface area contributed by atoms with Crippen LogP contribution in [0.25, 0.3) is 33.5 Å². The van der Waals surface area contributed by atoms with Crippen molar-refractivity contribution < 1.29 is 14.0 Å². The lowest BCUT2D eigenvalue weighted by molar-refractivity contribution is 0.0885. The van der Waals surface area contributed by atoms with Crippen molar-refractivity contribution in [1.29, 1.82) is 0 Å². The van der Waals surface area contributed by atoms with Crippen LogP contribution in [0.1, 0.15) is 33.6 Å². The summed E-state index contributed by atoms with van der Waals surface area (Å²) in [4.78, 5) is 30.2. The van der Waals surface area contributed by atoms with E-state index in [0.29, 0.717) is 17.6 Å². The number of para-hydroxylation sites is 1. The van der Waals surface area contributed by atoms with Gasteiger partial charge in [-0.2, -0.15) is 0 Å². The molecule has 3 aromatic carbocycles. The highest BCUT2D eigenvalue weighted by Gasteiger charge is 2.30. The summed E-state index contributed by atoms with van der Waals surface area (Å²) in [6, 6.07) is 21.8. The third kappa shape index (κ3) is 4.33. The van der Waals surface area contributed by atoms with Crippen molar-refractivity contribution in [3.8, 4) is 22.5 Å². The van der Waals surface area contributed by atoms with Gasteiger partial charge < -0.3 is 9.88 Å². The van der Waals surface area contributed by atoms with E-state index in [2.05, 4.69) is 5.32 Å². The number of halogens is 1. The van der Waals surface area contributed by atoms with Gasteiger partial charge in [0.2, 0.25) is 5.91 Å². The van der Waals surface area contributed by atoms with Crippen LogP contribution >= 0.6 is 0 Å². The van der Waals surface area contributed by atoms with Gasteiger partial charge in [-0.1, -0.05) is 42.5 Å². The molecule has 5 aromatic rings. The molecule has 0 unspecified atom stereocenters. The second-order valence-electron chi connectivity index (χ2n) is 9.40. The minimum absolute atomic E-state index is 0.129. The quantitative estimate of drug-likeness (QED) is 0.327. The highest BCUT2D eigenvalue weighted by atomic mass is 19.1. The van der Waals surface area contributed by atoms with E-state index in [4.69, 9.17) is 4.98 Å². The molecule has 1 fully saturated rings.